The van der Waals surface area contributed by atoms with Gasteiger partial charge in [0, 0.05) is 13.6 Å². The van der Waals surface area contributed by atoms with Crippen LogP contribution in [0, 0.1) is 0 Å². The summed E-state index contributed by atoms with van der Waals surface area (Å²) >= 11 is 11.8. The van der Waals surface area contributed by atoms with Gasteiger partial charge in [-0.25, -0.2) is 8.51 Å². The quantitative estimate of drug-likeness (QED) is 0.818. The van der Waals surface area contributed by atoms with Crippen LogP contribution in [0.2, 0.25) is 10.0 Å². The average molecular weight is 266 g/mol. The van der Waals surface area contributed by atoms with Gasteiger partial charge in [-0.2, -0.15) is 0 Å². The van der Waals surface area contributed by atoms with Crippen LogP contribution in [0.5, 0.6) is 0 Å². The highest BCUT2D eigenvalue weighted by Crippen LogP contribution is 2.28. The maximum Gasteiger partial charge on any atom is 0.128 e. The first-order valence-corrected chi connectivity index (χ1v) is 6.51. The molecule has 1 rings (SSSR count). The molecule has 0 saturated carbocycles. The van der Waals surface area contributed by atoms with Gasteiger partial charge in [-0.05, 0) is 18.6 Å². The Morgan fingerprint density at radius 3 is 2.67 bits per heavy atom. The molecule has 0 saturated heterocycles. The molecule has 15 heavy (non-hydrogen) atoms. The monoisotopic (exact) mass is 265 g/mol. The van der Waals surface area contributed by atoms with E-state index < -0.39 is 11.0 Å². The fraction of sp³-hybridized carbons (Fsp3) is 0.400. The summed E-state index contributed by atoms with van der Waals surface area (Å²) in [4.78, 5) is 0.570. The van der Waals surface area contributed by atoms with Crippen LogP contribution < -0.4 is 0 Å². The normalized spacial score (nSPS) is 13.1. The summed E-state index contributed by atoms with van der Waals surface area (Å²) in [5.74, 6) is 0. The molecule has 0 heterocycles. The molecule has 0 radical (unpaired) electrons. The molecule has 0 aliphatic carbocycles. The van der Waals surface area contributed by atoms with E-state index in [-0.39, 0.29) is 0 Å². The van der Waals surface area contributed by atoms with Gasteiger partial charge in [-0.1, -0.05) is 36.2 Å². The lowest BCUT2D eigenvalue weighted by Gasteiger charge is -2.15. The molecule has 0 aliphatic heterocycles. The van der Waals surface area contributed by atoms with Crippen molar-refractivity contribution in [2.45, 2.75) is 18.2 Å². The van der Waals surface area contributed by atoms with Crippen molar-refractivity contribution in [1.29, 1.82) is 0 Å². The zero-order chi connectivity index (χ0) is 11.4. The van der Waals surface area contributed by atoms with Crippen molar-refractivity contribution >= 4 is 34.2 Å². The Balaban J connectivity index is 2.96. The van der Waals surface area contributed by atoms with Gasteiger partial charge in [0.15, 0.2) is 0 Å². The third-order valence-electron chi connectivity index (χ3n) is 1.93. The molecule has 1 unspecified atom stereocenters. The number of nitrogens with zero attached hydrogens (tertiary/aromatic N) is 1. The standard InChI is InChI=1S/C10H13Cl2NOS/c1-3-7-13(2)15(14)9-6-4-5-8(11)10(9)12/h4-6H,3,7H2,1-2H3. The van der Waals surface area contributed by atoms with Crippen LogP contribution in [0.4, 0.5) is 0 Å². The minimum absolute atomic E-state index is 0.375. The van der Waals surface area contributed by atoms with Crippen molar-refractivity contribution < 1.29 is 4.21 Å². The van der Waals surface area contributed by atoms with Gasteiger partial charge < -0.3 is 0 Å². The first kappa shape index (κ1) is 13.0. The van der Waals surface area contributed by atoms with E-state index in [0.29, 0.717) is 14.9 Å². The molecular formula is C10H13Cl2NOS. The smallest absolute Gasteiger partial charge is 0.128 e. The number of hydrogen-bond acceptors (Lipinski definition) is 1. The van der Waals surface area contributed by atoms with E-state index in [4.69, 9.17) is 23.2 Å². The summed E-state index contributed by atoms with van der Waals surface area (Å²) in [5.41, 5.74) is 0. The number of hydrogen-bond donors (Lipinski definition) is 0. The molecule has 5 heteroatoms. The fourth-order valence-electron chi connectivity index (χ4n) is 1.18. The van der Waals surface area contributed by atoms with Crippen LogP contribution >= 0.6 is 23.2 Å². The highest BCUT2D eigenvalue weighted by molar-refractivity contribution is 7.82. The molecule has 0 bridgehead atoms. The van der Waals surface area contributed by atoms with Crippen molar-refractivity contribution in [2.24, 2.45) is 0 Å². The molecular weight excluding hydrogens is 253 g/mol. The Morgan fingerprint density at radius 2 is 2.07 bits per heavy atom. The lowest BCUT2D eigenvalue weighted by molar-refractivity contribution is 0.519. The van der Waals surface area contributed by atoms with Gasteiger partial charge in [0.25, 0.3) is 0 Å². The number of rotatable bonds is 4. The Bertz CT molecular complexity index is 370. The second kappa shape index (κ2) is 5.85. The second-order valence-electron chi connectivity index (χ2n) is 3.15. The lowest BCUT2D eigenvalue weighted by atomic mass is 10.4. The van der Waals surface area contributed by atoms with Gasteiger partial charge in [0.05, 0.1) is 14.9 Å². The van der Waals surface area contributed by atoms with E-state index in [1.165, 1.54) is 0 Å². The lowest BCUT2D eigenvalue weighted by Crippen LogP contribution is -2.22. The summed E-state index contributed by atoms with van der Waals surface area (Å²) in [6.45, 7) is 2.79. The predicted octanol–water partition coefficient (Wildman–Crippen LogP) is 3.36. The molecule has 2 nitrogen and oxygen atoms in total. The van der Waals surface area contributed by atoms with Crippen LogP contribution in [0.15, 0.2) is 23.1 Å². The number of halogens is 2. The Kier molecular flexibility index (Phi) is 5.06. The third kappa shape index (κ3) is 3.18. The average Bonchev–Trinajstić information content (AvgIpc) is 2.21. The first-order valence-electron chi connectivity index (χ1n) is 4.65. The SMILES string of the molecule is CCCN(C)S(=O)c1cccc(Cl)c1Cl. The maximum atomic E-state index is 12.0. The topological polar surface area (TPSA) is 20.3 Å². The second-order valence-corrected chi connectivity index (χ2v) is 5.50. The number of benzene rings is 1. The van der Waals surface area contributed by atoms with Crippen molar-refractivity contribution in [2.75, 3.05) is 13.6 Å². The summed E-state index contributed by atoms with van der Waals surface area (Å²) < 4.78 is 13.7. The van der Waals surface area contributed by atoms with Crippen LogP contribution in [0.25, 0.3) is 0 Å². The molecule has 84 valence electrons. The van der Waals surface area contributed by atoms with Crippen molar-refractivity contribution in [3.05, 3.63) is 28.2 Å². The minimum atomic E-state index is -1.23. The molecule has 0 aromatic heterocycles. The van der Waals surface area contributed by atoms with E-state index in [9.17, 15) is 4.21 Å². The molecule has 1 atom stereocenters. The van der Waals surface area contributed by atoms with E-state index in [1.807, 2.05) is 6.92 Å². The predicted molar refractivity (Wildman–Crippen MR) is 65.8 cm³/mol. The Morgan fingerprint density at radius 1 is 1.40 bits per heavy atom. The zero-order valence-corrected chi connectivity index (χ0v) is 11.0. The van der Waals surface area contributed by atoms with Gasteiger partial charge >= 0.3 is 0 Å². The van der Waals surface area contributed by atoms with E-state index in [1.54, 1.807) is 29.6 Å². The molecule has 0 fully saturated rings. The third-order valence-corrected chi connectivity index (χ3v) is 4.32. The highest BCUT2D eigenvalue weighted by atomic mass is 35.5. The summed E-state index contributed by atoms with van der Waals surface area (Å²) in [6.07, 6.45) is 0.945. The fourth-order valence-corrected chi connectivity index (χ4v) is 2.88. The van der Waals surface area contributed by atoms with Gasteiger partial charge in [-0.3, -0.25) is 0 Å². The minimum Gasteiger partial charge on any atom is -0.237 e. The van der Waals surface area contributed by atoms with Gasteiger partial charge in [0.2, 0.25) is 0 Å². The van der Waals surface area contributed by atoms with Gasteiger partial charge in [0.1, 0.15) is 11.0 Å². The van der Waals surface area contributed by atoms with Gasteiger partial charge in [-0.15, -0.1) is 0 Å². The Labute approximate surface area is 103 Å². The molecule has 0 aliphatic rings. The summed E-state index contributed by atoms with van der Waals surface area (Å²) in [7, 11) is 0.569. The van der Waals surface area contributed by atoms with Crippen LogP contribution in [0.3, 0.4) is 0 Å². The molecule has 0 spiro atoms. The zero-order valence-electron chi connectivity index (χ0n) is 8.67. The van der Waals surface area contributed by atoms with E-state index in [0.717, 1.165) is 13.0 Å². The van der Waals surface area contributed by atoms with Crippen LogP contribution in [0.1, 0.15) is 13.3 Å². The first-order chi connectivity index (χ1) is 7.07. The van der Waals surface area contributed by atoms with Crippen molar-refractivity contribution in [1.82, 2.24) is 4.31 Å². The van der Waals surface area contributed by atoms with Crippen molar-refractivity contribution in [3.8, 4) is 0 Å². The summed E-state index contributed by atoms with van der Waals surface area (Å²) in [5, 5.41) is 0.813. The highest BCUT2D eigenvalue weighted by Gasteiger charge is 2.14. The molecule has 1 aromatic carbocycles. The molecule has 0 N–H and O–H groups in total. The van der Waals surface area contributed by atoms with Crippen LogP contribution in [-0.2, 0) is 11.0 Å². The van der Waals surface area contributed by atoms with E-state index in [2.05, 4.69) is 0 Å². The maximum absolute atomic E-state index is 12.0. The summed E-state index contributed by atoms with van der Waals surface area (Å²) in [6, 6.07) is 5.17. The largest absolute Gasteiger partial charge is 0.237 e. The van der Waals surface area contributed by atoms with Crippen molar-refractivity contribution in [3.63, 3.8) is 0 Å². The molecule has 1 aromatic rings. The Hall–Kier alpha value is -0.0900. The molecule has 0 amide bonds. The van der Waals surface area contributed by atoms with E-state index >= 15 is 0 Å². The van der Waals surface area contributed by atoms with Crippen LogP contribution in [-0.4, -0.2) is 22.1 Å².